The minimum Gasteiger partial charge on any atom is -0.431 e. The molecule has 4 aliphatic carbocycles. The molecule has 1 N–H and O–H groups in total. The van der Waals surface area contributed by atoms with E-state index in [9.17, 15) is 23.9 Å². The normalized spacial score (nSPS) is 43.6. The first kappa shape index (κ1) is 28.6. The molecule has 0 bridgehead atoms. The first-order valence-electron chi connectivity index (χ1n) is 13.4. The van der Waals surface area contributed by atoms with Gasteiger partial charge in [-0.15, -0.1) is 0 Å². The molecule has 0 heterocycles. The van der Waals surface area contributed by atoms with Gasteiger partial charge < -0.3 is 19.3 Å². The Morgan fingerprint density at radius 2 is 1.84 bits per heavy atom. The molecule has 0 amide bonds. The van der Waals surface area contributed by atoms with Gasteiger partial charge in [0, 0.05) is 22.7 Å². The molecule has 10 heteroatoms. The molecule has 0 spiro atoms. The van der Waals surface area contributed by atoms with Crippen LogP contribution in [0.4, 0.5) is 18.0 Å². The zero-order valence-electron chi connectivity index (χ0n) is 22.5. The molecule has 0 unspecified atom stereocenters. The van der Waals surface area contributed by atoms with Crippen LogP contribution in [0.25, 0.3) is 0 Å². The third kappa shape index (κ3) is 3.68. The van der Waals surface area contributed by atoms with Gasteiger partial charge >= 0.3 is 12.1 Å². The minimum atomic E-state index is -2.38. The van der Waals surface area contributed by atoms with Crippen molar-refractivity contribution in [3.63, 3.8) is 0 Å². The molecule has 0 aromatic rings. The summed E-state index contributed by atoms with van der Waals surface area (Å²) >= 11 is 0. The number of carbonyl (C=O) groups is 3. The summed E-state index contributed by atoms with van der Waals surface area (Å²) in [4.78, 5) is 38.4. The molecule has 4 aliphatic rings. The average Bonchev–Trinajstić information content (AvgIpc) is 3.07. The second kappa shape index (κ2) is 9.68. The second-order valence-corrected chi connectivity index (χ2v) is 11.7. The maximum Gasteiger partial charge on any atom is 0.509 e. The van der Waals surface area contributed by atoms with E-state index in [1.807, 2.05) is 13.8 Å². The number of aliphatic hydroxyl groups is 1. The van der Waals surface area contributed by atoms with Crippen molar-refractivity contribution in [2.24, 2.45) is 28.6 Å². The number of hydrogen-bond acceptors (Lipinski definition) is 7. The molecule has 9 atom stereocenters. The highest BCUT2D eigenvalue weighted by Crippen LogP contribution is 2.71. The topological polar surface area (TPSA) is 99.1 Å². The van der Waals surface area contributed by atoms with E-state index >= 15 is 8.78 Å². The van der Waals surface area contributed by atoms with Crippen LogP contribution in [-0.2, 0) is 23.8 Å². The fourth-order valence-electron chi connectivity index (χ4n) is 8.12. The Bertz CT molecular complexity index is 1060. The van der Waals surface area contributed by atoms with Crippen LogP contribution in [0.5, 0.6) is 0 Å². The number of aliphatic hydroxyl groups excluding tert-OH is 1. The van der Waals surface area contributed by atoms with Crippen LogP contribution in [0.2, 0.25) is 0 Å². The van der Waals surface area contributed by atoms with Crippen molar-refractivity contribution >= 4 is 17.9 Å². The van der Waals surface area contributed by atoms with Crippen molar-refractivity contribution in [2.75, 3.05) is 6.86 Å². The largest absolute Gasteiger partial charge is 0.509 e. The van der Waals surface area contributed by atoms with Crippen LogP contribution in [0.1, 0.15) is 66.7 Å². The van der Waals surface area contributed by atoms with Crippen molar-refractivity contribution < 1.29 is 46.9 Å². The summed E-state index contributed by atoms with van der Waals surface area (Å²) in [5.41, 5.74) is -7.54. The Balaban J connectivity index is 1.81. The number of ketones is 1. The van der Waals surface area contributed by atoms with E-state index in [1.54, 1.807) is 13.8 Å². The van der Waals surface area contributed by atoms with Gasteiger partial charge in [0.2, 0.25) is 12.5 Å². The lowest BCUT2D eigenvalue weighted by molar-refractivity contribution is -0.235. The molecule has 38 heavy (non-hydrogen) atoms. The fourth-order valence-corrected chi connectivity index (χ4v) is 8.12. The summed E-state index contributed by atoms with van der Waals surface area (Å²) in [6.07, 6.45) is -0.992. The second-order valence-electron chi connectivity index (χ2n) is 11.7. The predicted octanol–water partition coefficient (Wildman–Crippen LogP) is 5.10. The van der Waals surface area contributed by atoms with Crippen LogP contribution in [0.15, 0.2) is 23.8 Å². The summed E-state index contributed by atoms with van der Waals surface area (Å²) in [6.45, 7) is 6.82. The van der Waals surface area contributed by atoms with Crippen LogP contribution < -0.4 is 0 Å². The molecule has 4 rings (SSSR count). The van der Waals surface area contributed by atoms with E-state index in [0.29, 0.717) is 12.8 Å². The zero-order chi connectivity index (χ0) is 28.3. The van der Waals surface area contributed by atoms with Crippen LogP contribution >= 0.6 is 0 Å². The molecular formula is C28H37F3O7. The van der Waals surface area contributed by atoms with Gasteiger partial charge in [-0.25, -0.2) is 22.8 Å². The lowest BCUT2D eigenvalue weighted by Gasteiger charge is -2.62. The quantitative estimate of drug-likeness (QED) is 0.466. The fraction of sp³-hybridized carbons (Fsp3) is 0.750. The zero-order valence-corrected chi connectivity index (χ0v) is 22.5. The molecular weight excluding hydrogens is 505 g/mol. The van der Waals surface area contributed by atoms with Crippen molar-refractivity contribution in [3.05, 3.63) is 23.8 Å². The molecule has 3 fully saturated rings. The number of allylic oxidation sites excluding steroid dienone is 4. The van der Waals surface area contributed by atoms with Gasteiger partial charge in [0.25, 0.3) is 0 Å². The van der Waals surface area contributed by atoms with Gasteiger partial charge in [-0.1, -0.05) is 33.8 Å². The van der Waals surface area contributed by atoms with Gasteiger partial charge in [-0.2, -0.15) is 0 Å². The van der Waals surface area contributed by atoms with Gasteiger partial charge in [0.05, 0.1) is 6.10 Å². The van der Waals surface area contributed by atoms with Crippen molar-refractivity contribution in [3.8, 4) is 0 Å². The van der Waals surface area contributed by atoms with E-state index < -0.39 is 83.0 Å². The maximum atomic E-state index is 17.4. The summed E-state index contributed by atoms with van der Waals surface area (Å²) in [5.74, 6) is -4.25. The number of alkyl halides is 3. The smallest absolute Gasteiger partial charge is 0.431 e. The minimum absolute atomic E-state index is 0.0226. The standard InChI is InChI=1S/C28H37F3O7/c1-6-17(7-2)37-24(35)38-28(23(34)36-14-29)15(3)10-18-19-12-21(30)20-11-16(32)8-9-25(20,4)27(19,31)22(33)13-26(18,28)5/h8-9,11,15,17-19,21-22,33H,6-7,10,12-14H2,1-5H3/t15-,18+,19+,21+,22+,25+,26+,27+,28+/m1/s1. The van der Waals surface area contributed by atoms with E-state index in [1.165, 1.54) is 19.1 Å². The molecule has 212 valence electrons. The number of fused-ring (bicyclic) bond motifs is 5. The third-order valence-corrected chi connectivity index (χ3v) is 10.1. The summed E-state index contributed by atoms with van der Waals surface area (Å²) in [7, 11) is 0. The lowest BCUT2D eigenvalue weighted by Crippen LogP contribution is -2.71. The Kier molecular flexibility index (Phi) is 7.30. The molecule has 0 saturated heterocycles. The van der Waals surface area contributed by atoms with Crippen LogP contribution in [0.3, 0.4) is 0 Å². The Hall–Kier alpha value is -2.36. The maximum absolute atomic E-state index is 17.4. The Labute approximate surface area is 220 Å². The van der Waals surface area contributed by atoms with Crippen molar-refractivity contribution in [1.29, 1.82) is 0 Å². The third-order valence-electron chi connectivity index (χ3n) is 10.1. The number of hydrogen-bond donors (Lipinski definition) is 1. The van der Waals surface area contributed by atoms with E-state index in [-0.39, 0.29) is 24.8 Å². The monoisotopic (exact) mass is 542 g/mol. The number of rotatable bonds is 6. The van der Waals surface area contributed by atoms with E-state index in [4.69, 9.17) is 14.2 Å². The summed E-state index contributed by atoms with van der Waals surface area (Å²) < 4.78 is 62.2. The van der Waals surface area contributed by atoms with Crippen molar-refractivity contribution in [2.45, 2.75) is 96.4 Å². The molecule has 7 nitrogen and oxygen atoms in total. The highest BCUT2D eigenvalue weighted by Gasteiger charge is 2.79. The van der Waals surface area contributed by atoms with Crippen LogP contribution in [-0.4, -0.2) is 59.5 Å². The Morgan fingerprint density at radius 3 is 2.45 bits per heavy atom. The molecule has 3 saturated carbocycles. The number of esters is 1. The molecule has 0 aromatic carbocycles. The highest BCUT2D eigenvalue weighted by atomic mass is 19.1. The lowest BCUT2D eigenvalue weighted by atomic mass is 9.44. The predicted molar refractivity (Wildman–Crippen MR) is 130 cm³/mol. The Morgan fingerprint density at radius 1 is 1.18 bits per heavy atom. The van der Waals surface area contributed by atoms with Crippen molar-refractivity contribution in [1.82, 2.24) is 0 Å². The summed E-state index contributed by atoms with van der Waals surface area (Å²) in [5, 5.41) is 11.5. The number of halogens is 3. The van der Waals surface area contributed by atoms with Gasteiger partial charge in [0.1, 0.15) is 12.3 Å². The van der Waals surface area contributed by atoms with E-state index in [0.717, 1.165) is 6.08 Å². The SMILES string of the molecule is CCC(CC)OC(=O)O[C@]1(C(=O)OCF)[C@H](C)C[C@H]2[C@@H]3C[C@H](F)C4=CC(=O)C=C[C@]4(C)[C@@]3(F)[C@@H](O)C[C@@]21C. The summed E-state index contributed by atoms with van der Waals surface area (Å²) in [6, 6.07) is 0. The van der Waals surface area contributed by atoms with Gasteiger partial charge in [0.15, 0.2) is 11.5 Å². The molecule has 0 aromatic heterocycles. The molecule has 0 aliphatic heterocycles. The first-order chi connectivity index (χ1) is 17.8. The average molecular weight is 543 g/mol. The van der Waals surface area contributed by atoms with Gasteiger partial charge in [-0.3, -0.25) is 4.79 Å². The van der Waals surface area contributed by atoms with Gasteiger partial charge in [-0.05, 0) is 62.7 Å². The highest BCUT2D eigenvalue weighted by molar-refractivity contribution is 6.01. The van der Waals surface area contributed by atoms with E-state index in [2.05, 4.69) is 0 Å². The first-order valence-corrected chi connectivity index (χ1v) is 13.4. The van der Waals surface area contributed by atoms with Crippen LogP contribution in [0, 0.1) is 28.6 Å². The molecule has 0 radical (unpaired) electrons. The number of carbonyl (C=O) groups excluding carboxylic acids is 3. The number of ether oxygens (including phenoxy) is 3.